The quantitative estimate of drug-likeness (QED) is 0.265. The molecular weight excluding hydrogens is 321 g/mol. The Morgan fingerprint density at radius 3 is 0.840 bits per heavy atom. The third kappa shape index (κ3) is 3.15. The molecule has 0 heterocycles. The van der Waals surface area contributed by atoms with E-state index in [-0.39, 0.29) is 0 Å². The van der Waals surface area contributed by atoms with Crippen LogP contribution in [0.2, 0.25) is 0 Å². The second-order valence-electron chi connectivity index (χ2n) is 7.06. The summed E-state index contributed by atoms with van der Waals surface area (Å²) in [6.45, 7) is 18.1. The molecule has 0 aliphatic heterocycles. The third-order valence-corrected chi connectivity index (χ3v) is 6.15. The van der Waals surface area contributed by atoms with Gasteiger partial charge in [0.2, 0.25) is 0 Å². The summed E-state index contributed by atoms with van der Waals surface area (Å²) < 4.78 is 2.69. The molecule has 1 radical (unpaired) electrons. The molecule has 0 fully saturated rings. The maximum atomic E-state index is 4.34. The van der Waals surface area contributed by atoms with Gasteiger partial charge in [-0.2, -0.15) is 0 Å². The molecule has 1 nitrogen and oxygen atoms in total. The number of nitrogens with zero attached hydrogens (tertiary/aromatic N) is 1. The van der Waals surface area contributed by atoms with Crippen LogP contribution in [0.3, 0.4) is 0 Å². The number of aryl methyl sites for hydroxylation is 4. The van der Waals surface area contributed by atoms with Gasteiger partial charge in [0.15, 0.2) is 0 Å². The van der Waals surface area contributed by atoms with E-state index in [0.717, 1.165) is 0 Å². The molecule has 0 saturated carbocycles. The van der Waals surface area contributed by atoms with Crippen molar-refractivity contribution in [2.24, 2.45) is 4.30 Å². The van der Waals surface area contributed by atoms with E-state index >= 15 is 0 Å². The van der Waals surface area contributed by atoms with Crippen molar-refractivity contribution in [1.29, 1.82) is 0 Å². The minimum atomic E-state index is 1.42. The summed E-state index contributed by atoms with van der Waals surface area (Å²) in [5, 5.41) is 5.66. The van der Waals surface area contributed by atoms with E-state index in [1.165, 1.54) is 66.1 Å². The van der Waals surface area contributed by atoms with Crippen LogP contribution in [0.1, 0.15) is 44.5 Å². The maximum absolute atomic E-state index is 4.34. The van der Waals surface area contributed by atoms with Crippen molar-refractivity contribution in [3.05, 3.63) is 56.6 Å². The van der Waals surface area contributed by atoms with Crippen LogP contribution < -0.4 is 0 Å². The van der Waals surface area contributed by atoms with Crippen LogP contribution in [-0.4, -0.2) is 7.64 Å². The fourth-order valence-corrected chi connectivity index (χ4v) is 3.77. The molecule has 0 unspecified atom stereocenters. The molecule has 129 valence electrons. The van der Waals surface area contributed by atoms with E-state index in [1.807, 2.05) is 0 Å². The molecule has 0 amide bonds. The Balaban J connectivity index is 0.000000701. The molecule has 0 bridgehead atoms. The second-order valence-corrected chi connectivity index (χ2v) is 7.29. The summed E-state index contributed by atoms with van der Waals surface area (Å²) in [6, 6.07) is 4.85. The van der Waals surface area contributed by atoms with E-state index < -0.39 is 0 Å². The Morgan fingerprint density at radius 1 is 0.520 bits per heavy atom. The van der Waals surface area contributed by atoms with E-state index in [2.05, 4.69) is 92.3 Å². The van der Waals surface area contributed by atoms with Gasteiger partial charge in [-0.3, -0.25) is 0 Å². The number of rotatable bonds is 0. The van der Waals surface area contributed by atoms with Crippen LogP contribution in [0.15, 0.2) is 16.4 Å². The Hall–Kier alpha value is -1.61. The van der Waals surface area contributed by atoms with Gasteiger partial charge in [0.25, 0.3) is 0 Å². The zero-order valence-electron chi connectivity index (χ0n) is 16.6. The number of hydrogen-bond donors (Lipinski definition) is 1. The van der Waals surface area contributed by atoms with Crippen molar-refractivity contribution >= 4 is 42.0 Å². The van der Waals surface area contributed by atoms with Crippen molar-refractivity contribution in [1.82, 2.24) is 0 Å². The summed E-state index contributed by atoms with van der Waals surface area (Å²) in [7, 11) is 4.34. The van der Waals surface area contributed by atoms with Crippen LogP contribution in [0.4, 0.5) is 0 Å². The Bertz CT molecular complexity index is 850. The molecule has 0 aromatic heterocycles. The molecule has 0 aliphatic rings. The average Bonchev–Trinajstić information content (AvgIpc) is 2.60. The number of hydrogen-bond acceptors (Lipinski definition) is 2. The van der Waals surface area contributed by atoms with Crippen LogP contribution in [0.5, 0.6) is 0 Å². The van der Waals surface area contributed by atoms with E-state index in [1.54, 1.807) is 0 Å². The van der Waals surface area contributed by atoms with E-state index in [0.29, 0.717) is 0 Å². The molecule has 0 N–H and O–H groups in total. The third-order valence-electron chi connectivity index (χ3n) is 6.15. The van der Waals surface area contributed by atoms with Crippen molar-refractivity contribution in [3.8, 4) is 0 Å². The molecule has 3 aromatic rings. The summed E-state index contributed by atoms with van der Waals surface area (Å²) in [6.07, 6.45) is 0. The van der Waals surface area contributed by atoms with E-state index in [4.69, 9.17) is 0 Å². The monoisotopic (exact) mass is 348 g/mol. The van der Waals surface area contributed by atoms with Gasteiger partial charge in [-0.1, -0.05) is 0 Å². The Morgan fingerprint density at radius 2 is 0.680 bits per heavy atom. The molecule has 0 aliphatic carbocycles. The van der Waals surface area contributed by atoms with Gasteiger partial charge in [-0.15, -0.1) is 0 Å². The first kappa shape index (κ1) is 19.7. The number of thiol groups is 1. The second kappa shape index (κ2) is 7.33. The number of benzene rings is 3. The first-order valence-electron chi connectivity index (χ1n) is 8.61. The average molecular weight is 348 g/mol. The van der Waals surface area contributed by atoms with E-state index in [9.17, 15) is 0 Å². The SMILES string of the molecule is Cc1c(C)c(C)c2cc3c(C)c(C)c(C)c(C)c3cc2c1C.[B]=NS. The molecule has 25 heavy (non-hydrogen) atoms. The predicted molar refractivity (Wildman–Crippen MR) is 117 cm³/mol. The fraction of sp³-hybridized carbons (Fsp3) is 0.364. The van der Waals surface area contributed by atoms with Crippen molar-refractivity contribution < 1.29 is 0 Å². The molecule has 0 spiro atoms. The Labute approximate surface area is 158 Å². The molecule has 0 atom stereocenters. The van der Waals surface area contributed by atoms with Gasteiger partial charge >= 0.3 is 24.8 Å². The summed E-state index contributed by atoms with van der Waals surface area (Å²) in [4.78, 5) is 0. The molecular formula is C22H27BNS. The standard InChI is InChI=1S/C22H26.BHNS/c1-11-12(2)16(6)20-10-22-18(8)14(4)13(3)17(7)21(22)9-19(20)15(11)5;1-2-3/h9-10H,1-8H3;3H. The molecule has 0 saturated heterocycles. The summed E-state index contributed by atoms with van der Waals surface area (Å²) in [5.41, 5.74) is 11.4. The van der Waals surface area contributed by atoms with Crippen molar-refractivity contribution in [2.45, 2.75) is 55.4 Å². The van der Waals surface area contributed by atoms with Gasteiger partial charge in [-0.05, 0) is 134 Å². The topological polar surface area (TPSA) is 12.4 Å². The minimum absolute atomic E-state index is 1.42. The van der Waals surface area contributed by atoms with Gasteiger partial charge in [0.05, 0.1) is 0 Å². The van der Waals surface area contributed by atoms with Crippen LogP contribution in [0.25, 0.3) is 21.5 Å². The van der Waals surface area contributed by atoms with Gasteiger partial charge in [0.1, 0.15) is 0 Å². The van der Waals surface area contributed by atoms with Crippen molar-refractivity contribution in [3.63, 3.8) is 0 Å². The van der Waals surface area contributed by atoms with Crippen LogP contribution in [0, 0.1) is 55.4 Å². The van der Waals surface area contributed by atoms with Crippen LogP contribution in [-0.2, 0) is 0 Å². The molecule has 3 aromatic carbocycles. The molecule has 3 heteroatoms. The zero-order chi connectivity index (χ0) is 19.0. The first-order valence-corrected chi connectivity index (χ1v) is 9.01. The van der Waals surface area contributed by atoms with Crippen molar-refractivity contribution in [2.75, 3.05) is 0 Å². The zero-order valence-corrected chi connectivity index (χ0v) is 17.5. The number of fused-ring (bicyclic) bond motifs is 2. The molecule has 3 rings (SSSR count). The Kier molecular flexibility index (Phi) is 5.78. The summed E-state index contributed by atoms with van der Waals surface area (Å²) in [5.74, 6) is 0. The van der Waals surface area contributed by atoms with Gasteiger partial charge in [-0.25, -0.2) is 0 Å². The normalized spacial score (nSPS) is 10.7. The predicted octanol–water partition coefficient (Wildman–Crippen LogP) is 6.64. The first-order chi connectivity index (χ1) is 11.7. The van der Waals surface area contributed by atoms with Crippen LogP contribution >= 0.6 is 12.8 Å². The van der Waals surface area contributed by atoms with Gasteiger partial charge < -0.3 is 0 Å². The van der Waals surface area contributed by atoms with Gasteiger partial charge in [0, 0.05) is 0 Å². The summed E-state index contributed by atoms with van der Waals surface area (Å²) >= 11 is 3.19. The fourth-order valence-electron chi connectivity index (χ4n) is 3.77.